The molecule has 1 rings (SSSR count). The van der Waals surface area contributed by atoms with Gasteiger partial charge in [-0.15, -0.1) is 0 Å². The van der Waals surface area contributed by atoms with Crippen LogP contribution in [0.15, 0.2) is 16.7 Å². The van der Waals surface area contributed by atoms with E-state index in [1.807, 2.05) is 0 Å². The van der Waals surface area contributed by atoms with Gasteiger partial charge in [-0.05, 0) is 6.07 Å². The van der Waals surface area contributed by atoms with Crippen LogP contribution in [-0.2, 0) is 16.1 Å². The highest BCUT2D eigenvalue weighted by Gasteiger charge is 2.18. The Kier molecular flexibility index (Phi) is 3.67. The average Bonchev–Trinajstić information content (AvgIpc) is 2.51. The summed E-state index contributed by atoms with van der Waals surface area (Å²) in [6.07, 6.45) is -0.0911. The first-order chi connectivity index (χ1) is 6.65. The zero-order chi connectivity index (χ0) is 10.6. The molecule has 0 fully saturated rings. The van der Waals surface area contributed by atoms with Crippen LogP contribution in [-0.4, -0.2) is 23.3 Å². The van der Waals surface area contributed by atoms with Crippen LogP contribution in [0.5, 0.6) is 0 Å². The number of carbonyl (C=O) groups is 1. The molecule has 0 saturated heterocycles. The lowest BCUT2D eigenvalue weighted by Crippen LogP contribution is -2.06. The zero-order valence-electron chi connectivity index (χ0n) is 7.77. The number of methoxy groups -OCH3 is 1. The highest BCUT2D eigenvalue weighted by Crippen LogP contribution is 2.22. The van der Waals surface area contributed by atoms with Gasteiger partial charge in [0.1, 0.15) is 11.9 Å². The van der Waals surface area contributed by atoms with E-state index in [1.165, 1.54) is 13.4 Å². The molecule has 0 aliphatic heterocycles. The van der Waals surface area contributed by atoms with Crippen molar-refractivity contribution in [1.29, 1.82) is 0 Å². The van der Waals surface area contributed by atoms with Gasteiger partial charge in [-0.1, -0.05) is 0 Å². The van der Waals surface area contributed by atoms with Crippen molar-refractivity contribution in [3.8, 4) is 0 Å². The second-order valence-electron chi connectivity index (χ2n) is 2.86. The van der Waals surface area contributed by atoms with Gasteiger partial charge in [0.15, 0.2) is 0 Å². The highest BCUT2D eigenvalue weighted by molar-refractivity contribution is 5.67. The summed E-state index contributed by atoms with van der Waals surface area (Å²) in [5.41, 5.74) is 0.668. The van der Waals surface area contributed by atoms with E-state index < -0.39 is 12.1 Å². The molecule has 0 aliphatic rings. The van der Waals surface area contributed by atoms with Crippen LogP contribution in [0.25, 0.3) is 0 Å². The lowest BCUT2D eigenvalue weighted by Gasteiger charge is -2.06. The van der Waals surface area contributed by atoms with Crippen LogP contribution in [0.3, 0.4) is 0 Å². The third-order valence-corrected chi connectivity index (χ3v) is 1.75. The van der Waals surface area contributed by atoms with Crippen molar-refractivity contribution in [3.63, 3.8) is 0 Å². The molecule has 0 saturated carbocycles. The molecule has 0 bridgehead atoms. The molecule has 2 N–H and O–H groups in total. The molecule has 0 aromatic carbocycles. The van der Waals surface area contributed by atoms with Crippen molar-refractivity contribution in [3.05, 3.63) is 23.7 Å². The fourth-order valence-corrected chi connectivity index (χ4v) is 1.17. The molecular weight excluding hydrogens is 188 g/mol. The van der Waals surface area contributed by atoms with E-state index in [2.05, 4.69) is 0 Å². The SMILES string of the molecule is COCc1ccoc1[C@H](O)CC(=O)O. The largest absolute Gasteiger partial charge is 0.481 e. The topological polar surface area (TPSA) is 79.9 Å². The fraction of sp³-hybridized carbons (Fsp3) is 0.444. The highest BCUT2D eigenvalue weighted by atomic mass is 16.5. The van der Waals surface area contributed by atoms with Crippen LogP contribution >= 0.6 is 0 Å². The number of furan rings is 1. The van der Waals surface area contributed by atoms with Crippen LogP contribution in [0.4, 0.5) is 0 Å². The van der Waals surface area contributed by atoms with Crippen LogP contribution < -0.4 is 0 Å². The minimum Gasteiger partial charge on any atom is -0.481 e. The Morgan fingerprint density at radius 3 is 3.00 bits per heavy atom. The van der Waals surface area contributed by atoms with E-state index in [-0.39, 0.29) is 12.2 Å². The van der Waals surface area contributed by atoms with Crippen molar-refractivity contribution in [2.75, 3.05) is 7.11 Å². The summed E-state index contributed by atoms with van der Waals surface area (Å²) in [6.45, 7) is 0.294. The molecule has 5 nitrogen and oxygen atoms in total. The third kappa shape index (κ3) is 2.58. The minimum atomic E-state index is -1.12. The van der Waals surface area contributed by atoms with E-state index in [0.29, 0.717) is 12.2 Å². The maximum Gasteiger partial charge on any atom is 0.306 e. The number of carboxylic acids is 1. The minimum absolute atomic E-state index is 0.259. The first kappa shape index (κ1) is 10.7. The van der Waals surface area contributed by atoms with Gasteiger partial charge < -0.3 is 19.4 Å². The Morgan fingerprint density at radius 2 is 2.43 bits per heavy atom. The van der Waals surface area contributed by atoms with Gasteiger partial charge in [0.25, 0.3) is 0 Å². The van der Waals surface area contributed by atoms with Gasteiger partial charge >= 0.3 is 5.97 Å². The predicted molar refractivity (Wildman–Crippen MR) is 46.6 cm³/mol. The molecule has 0 aliphatic carbocycles. The molecule has 78 valence electrons. The van der Waals surface area contributed by atoms with Crippen molar-refractivity contribution in [2.45, 2.75) is 19.1 Å². The van der Waals surface area contributed by atoms with Gasteiger partial charge in [0.05, 0.1) is 19.3 Å². The van der Waals surface area contributed by atoms with Crippen LogP contribution in [0, 0.1) is 0 Å². The number of aliphatic carboxylic acids is 1. The van der Waals surface area contributed by atoms with Crippen LogP contribution in [0.2, 0.25) is 0 Å². The summed E-state index contributed by atoms with van der Waals surface area (Å²) in [5.74, 6) is -0.813. The van der Waals surface area contributed by atoms with E-state index in [1.54, 1.807) is 6.07 Å². The fourth-order valence-electron chi connectivity index (χ4n) is 1.17. The van der Waals surface area contributed by atoms with E-state index in [4.69, 9.17) is 14.3 Å². The standard InChI is InChI=1S/C9H12O5/c1-13-5-6-2-3-14-9(6)7(10)4-8(11)12/h2-3,7,10H,4-5H2,1H3,(H,11,12)/t7-/m1/s1. The molecular formula is C9H12O5. The molecule has 14 heavy (non-hydrogen) atoms. The summed E-state index contributed by atoms with van der Waals surface area (Å²) in [6, 6.07) is 1.64. The van der Waals surface area contributed by atoms with Crippen molar-refractivity contribution in [2.24, 2.45) is 0 Å². The Morgan fingerprint density at radius 1 is 1.71 bits per heavy atom. The molecule has 1 atom stereocenters. The smallest absolute Gasteiger partial charge is 0.306 e. The maximum atomic E-state index is 10.3. The number of ether oxygens (including phenoxy) is 1. The van der Waals surface area contributed by atoms with Crippen molar-refractivity contribution >= 4 is 5.97 Å². The number of rotatable bonds is 5. The molecule has 0 unspecified atom stereocenters. The van der Waals surface area contributed by atoms with Gasteiger partial charge in [-0.2, -0.15) is 0 Å². The average molecular weight is 200 g/mol. The van der Waals surface area contributed by atoms with Crippen molar-refractivity contribution < 1.29 is 24.2 Å². The normalized spacial score (nSPS) is 12.7. The third-order valence-electron chi connectivity index (χ3n) is 1.75. The quantitative estimate of drug-likeness (QED) is 0.739. The number of hydrogen-bond acceptors (Lipinski definition) is 4. The summed E-state index contributed by atoms with van der Waals surface area (Å²) in [4.78, 5) is 10.3. The number of aliphatic hydroxyl groups is 1. The van der Waals surface area contributed by atoms with E-state index in [9.17, 15) is 9.90 Å². The molecule has 5 heteroatoms. The van der Waals surface area contributed by atoms with Crippen LogP contribution in [0.1, 0.15) is 23.8 Å². The second-order valence-corrected chi connectivity index (χ2v) is 2.86. The Hall–Kier alpha value is -1.33. The van der Waals surface area contributed by atoms with E-state index >= 15 is 0 Å². The van der Waals surface area contributed by atoms with E-state index in [0.717, 1.165) is 0 Å². The van der Waals surface area contributed by atoms with Gasteiger partial charge in [0, 0.05) is 12.7 Å². The van der Waals surface area contributed by atoms with Crippen molar-refractivity contribution in [1.82, 2.24) is 0 Å². The summed E-state index contributed by atoms with van der Waals surface area (Å²) in [5, 5.41) is 17.9. The van der Waals surface area contributed by atoms with Gasteiger partial charge in [-0.3, -0.25) is 4.79 Å². The molecule has 1 aromatic heterocycles. The Bertz CT molecular complexity index is 304. The Labute approximate surface area is 80.9 Å². The predicted octanol–water partition coefficient (Wildman–Crippen LogP) is 0.934. The number of aliphatic hydroxyl groups excluding tert-OH is 1. The molecule has 0 spiro atoms. The summed E-state index contributed by atoms with van der Waals surface area (Å²) >= 11 is 0. The lowest BCUT2D eigenvalue weighted by molar-refractivity contribution is -0.139. The molecule has 0 radical (unpaired) electrons. The second kappa shape index (κ2) is 4.78. The van der Waals surface area contributed by atoms with Gasteiger partial charge in [0.2, 0.25) is 0 Å². The molecule has 1 heterocycles. The zero-order valence-corrected chi connectivity index (χ0v) is 7.77. The molecule has 1 aromatic rings. The van der Waals surface area contributed by atoms with Gasteiger partial charge in [-0.25, -0.2) is 0 Å². The number of carboxylic acid groups (broad SMARTS) is 1. The monoisotopic (exact) mass is 200 g/mol. The first-order valence-electron chi connectivity index (χ1n) is 4.10. The molecule has 0 amide bonds. The summed E-state index contributed by atoms with van der Waals surface area (Å²) < 4.78 is 9.85. The number of hydrogen-bond donors (Lipinski definition) is 2. The Balaban J connectivity index is 2.72. The maximum absolute atomic E-state index is 10.3. The first-order valence-corrected chi connectivity index (χ1v) is 4.10. The summed E-state index contributed by atoms with van der Waals surface area (Å²) in [7, 11) is 1.51. The lowest BCUT2D eigenvalue weighted by atomic mass is 10.1.